The van der Waals surface area contributed by atoms with Gasteiger partial charge in [-0.3, -0.25) is 4.79 Å². The van der Waals surface area contributed by atoms with Gasteiger partial charge in [-0.05, 0) is 31.0 Å². The zero-order valence-electron chi connectivity index (χ0n) is 18.7. The molecular formula is C24H31N4O5+. The van der Waals surface area contributed by atoms with Crippen LogP contribution >= 0.6 is 0 Å². The summed E-state index contributed by atoms with van der Waals surface area (Å²) < 4.78 is 12.1. The molecule has 33 heavy (non-hydrogen) atoms. The van der Waals surface area contributed by atoms with Crippen LogP contribution in [0, 0.1) is 11.8 Å². The van der Waals surface area contributed by atoms with Crippen LogP contribution in [-0.4, -0.2) is 63.7 Å². The maximum absolute atomic E-state index is 13.4. The number of hydrogen-bond acceptors (Lipinski definition) is 7. The average molecular weight is 456 g/mol. The van der Waals surface area contributed by atoms with E-state index < -0.39 is 11.6 Å². The molecule has 3 saturated heterocycles. The van der Waals surface area contributed by atoms with Crippen LogP contribution in [0.5, 0.6) is 0 Å². The van der Waals surface area contributed by atoms with Crippen molar-refractivity contribution in [1.29, 1.82) is 0 Å². The molecule has 0 radical (unpaired) electrons. The fraction of sp³-hybridized carbons (Fsp3) is 0.583. The first-order valence-corrected chi connectivity index (χ1v) is 11.9. The van der Waals surface area contributed by atoms with Crippen molar-refractivity contribution in [2.45, 2.75) is 50.2 Å². The quantitative estimate of drug-likeness (QED) is 0.486. The molecule has 1 saturated carbocycles. The number of carbonyl (C=O) groups excluding carboxylic acids is 2. The van der Waals surface area contributed by atoms with Gasteiger partial charge in [0.25, 0.3) is 5.91 Å². The molecule has 2 aromatic heterocycles. The van der Waals surface area contributed by atoms with E-state index in [1.54, 1.807) is 24.4 Å². The van der Waals surface area contributed by atoms with Crippen molar-refractivity contribution in [3.05, 3.63) is 42.7 Å². The Balaban J connectivity index is 1.28. The number of nitrogens with one attached hydrogen (secondary N) is 1. The van der Waals surface area contributed by atoms with E-state index in [-0.39, 0.29) is 29.6 Å². The number of aliphatic hydroxyl groups is 1. The number of piperidine rings is 3. The lowest BCUT2D eigenvalue weighted by atomic mass is 9.81. The van der Waals surface area contributed by atoms with E-state index >= 15 is 0 Å². The first kappa shape index (κ1) is 22.0. The molecule has 2 atom stereocenters. The molecule has 3 aliphatic heterocycles. The standard InChI is InChI=1S/C24H30N4O5/c29-22(27-21-7-10-25-16-26-21)15-28-11-8-17(9-12-28)19(14-28)33-23(30)24(31,18-4-1-2-5-18)20-6-3-13-32-20/h3,6-7,10,13,16-19,31H,1-2,4-5,8-9,11-12,14-15H2/p+1/t17?,19?,24-,28?/m1/s1. The molecule has 1 unspecified atom stereocenters. The molecule has 5 heterocycles. The highest BCUT2D eigenvalue weighted by atomic mass is 16.6. The molecule has 2 bridgehead atoms. The highest BCUT2D eigenvalue weighted by molar-refractivity contribution is 5.90. The Hall–Kier alpha value is -2.78. The highest BCUT2D eigenvalue weighted by Crippen LogP contribution is 2.43. The lowest BCUT2D eigenvalue weighted by molar-refractivity contribution is -0.939. The predicted molar refractivity (Wildman–Crippen MR) is 118 cm³/mol. The summed E-state index contributed by atoms with van der Waals surface area (Å²) in [5.74, 6) is 0.0446. The summed E-state index contributed by atoms with van der Waals surface area (Å²) in [7, 11) is 0. The second kappa shape index (κ2) is 8.87. The monoisotopic (exact) mass is 455 g/mol. The Morgan fingerprint density at radius 2 is 2.00 bits per heavy atom. The van der Waals surface area contributed by atoms with Gasteiger partial charge in [-0.2, -0.15) is 0 Å². The van der Waals surface area contributed by atoms with Crippen molar-refractivity contribution in [1.82, 2.24) is 9.97 Å². The van der Waals surface area contributed by atoms with Gasteiger partial charge < -0.3 is 24.1 Å². The van der Waals surface area contributed by atoms with Gasteiger partial charge in [0.15, 0.2) is 12.6 Å². The number of ether oxygens (including phenoxy) is 1. The van der Waals surface area contributed by atoms with Crippen molar-refractivity contribution < 1.29 is 28.3 Å². The fourth-order valence-electron chi connectivity index (χ4n) is 5.96. The molecular weight excluding hydrogens is 424 g/mol. The molecule has 1 aliphatic carbocycles. The minimum atomic E-state index is -1.76. The minimum absolute atomic E-state index is 0.114. The molecule has 9 nitrogen and oxygen atoms in total. The lowest BCUT2D eigenvalue weighted by Crippen LogP contribution is -2.66. The minimum Gasteiger partial charge on any atom is -0.466 e. The molecule has 2 N–H and O–H groups in total. The van der Waals surface area contributed by atoms with Crippen LogP contribution in [-0.2, 0) is 19.9 Å². The van der Waals surface area contributed by atoms with Gasteiger partial charge in [0.2, 0.25) is 5.60 Å². The maximum atomic E-state index is 13.4. The Bertz CT molecular complexity index is 968. The summed E-state index contributed by atoms with van der Waals surface area (Å²) >= 11 is 0. The molecule has 0 spiro atoms. The number of amides is 1. The van der Waals surface area contributed by atoms with Crippen LogP contribution in [0.4, 0.5) is 5.82 Å². The van der Waals surface area contributed by atoms with E-state index in [0.717, 1.165) is 51.6 Å². The van der Waals surface area contributed by atoms with Gasteiger partial charge in [-0.25, -0.2) is 14.8 Å². The number of quaternary nitrogens is 1. The normalized spacial score (nSPS) is 28.9. The SMILES string of the molecule is O=C(C[N+]12CCC(CC1)C(OC(=O)[C@](O)(c1ccco1)C1CCCC1)C2)Nc1ccncn1. The largest absolute Gasteiger partial charge is 0.466 e. The average Bonchev–Trinajstić information content (AvgIpc) is 3.54. The molecule has 176 valence electrons. The van der Waals surface area contributed by atoms with Crippen molar-refractivity contribution in [2.24, 2.45) is 11.8 Å². The number of nitrogens with zero attached hydrogens (tertiary/aromatic N) is 3. The molecule has 9 heteroatoms. The summed E-state index contributed by atoms with van der Waals surface area (Å²) in [6, 6.07) is 5.00. The van der Waals surface area contributed by atoms with Crippen molar-refractivity contribution >= 4 is 17.7 Å². The third-order valence-electron chi connectivity index (χ3n) is 7.78. The summed E-state index contributed by atoms with van der Waals surface area (Å²) in [6.07, 6.45) is 9.41. The van der Waals surface area contributed by atoms with Crippen LogP contribution in [0.25, 0.3) is 0 Å². The van der Waals surface area contributed by atoms with Crippen molar-refractivity contribution in [2.75, 3.05) is 31.5 Å². The number of rotatable bonds is 7. The van der Waals surface area contributed by atoms with Gasteiger partial charge in [-0.1, -0.05) is 12.8 Å². The molecule has 1 amide bonds. The second-order valence-corrected chi connectivity index (χ2v) is 9.78. The summed E-state index contributed by atoms with van der Waals surface area (Å²) in [5.41, 5.74) is -1.76. The van der Waals surface area contributed by atoms with E-state index in [1.165, 1.54) is 12.6 Å². The summed E-state index contributed by atoms with van der Waals surface area (Å²) in [6.45, 7) is 2.63. The van der Waals surface area contributed by atoms with Crippen LogP contribution in [0.2, 0.25) is 0 Å². The molecule has 2 aromatic rings. The predicted octanol–water partition coefficient (Wildman–Crippen LogP) is 2.24. The first-order chi connectivity index (χ1) is 16.0. The Kier molecular flexibility index (Phi) is 5.92. The number of carbonyl (C=O) groups is 2. The first-order valence-electron chi connectivity index (χ1n) is 11.9. The van der Waals surface area contributed by atoms with Gasteiger partial charge >= 0.3 is 5.97 Å². The van der Waals surface area contributed by atoms with Crippen LogP contribution < -0.4 is 5.32 Å². The van der Waals surface area contributed by atoms with Crippen molar-refractivity contribution in [3.8, 4) is 0 Å². The Morgan fingerprint density at radius 3 is 2.67 bits per heavy atom. The summed E-state index contributed by atoms with van der Waals surface area (Å²) in [5, 5.41) is 14.4. The Labute approximate surface area is 192 Å². The number of furan rings is 1. The van der Waals surface area contributed by atoms with Crippen LogP contribution in [0.15, 0.2) is 41.4 Å². The summed E-state index contributed by atoms with van der Waals surface area (Å²) in [4.78, 5) is 34.1. The number of hydrogen-bond donors (Lipinski definition) is 2. The number of fused-ring (bicyclic) bond motifs is 3. The third-order valence-corrected chi connectivity index (χ3v) is 7.78. The van der Waals surface area contributed by atoms with E-state index in [4.69, 9.17) is 9.15 Å². The van der Waals surface area contributed by atoms with Gasteiger partial charge in [0, 0.05) is 30.9 Å². The lowest BCUT2D eigenvalue weighted by Gasteiger charge is -2.51. The van der Waals surface area contributed by atoms with Crippen LogP contribution in [0.1, 0.15) is 44.3 Å². The second-order valence-electron chi connectivity index (χ2n) is 9.78. The smallest absolute Gasteiger partial charge is 0.346 e. The number of esters is 1. The van der Waals surface area contributed by atoms with E-state index in [2.05, 4.69) is 15.3 Å². The zero-order valence-corrected chi connectivity index (χ0v) is 18.7. The molecule has 4 aliphatic rings. The van der Waals surface area contributed by atoms with Crippen LogP contribution in [0.3, 0.4) is 0 Å². The number of aromatic nitrogens is 2. The topological polar surface area (TPSA) is 115 Å². The maximum Gasteiger partial charge on any atom is 0.346 e. The highest BCUT2D eigenvalue weighted by Gasteiger charge is 2.54. The third kappa shape index (κ3) is 4.27. The molecule has 4 fully saturated rings. The van der Waals surface area contributed by atoms with E-state index in [1.807, 2.05) is 0 Å². The number of anilines is 1. The Morgan fingerprint density at radius 1 is 1.21 bits per heavy atom. The molecule has 6 rings (SSSR count). The van der Waals surface area contributed by atoms with E-state index in [9.17, 15) is 14.7 Å². The fourth-order valence-corrected chi connectivity index (χ4v) is 5.96. The van der Waals surface area contributed by atoms with Gasteiger partial charge in [0.1, 0.15) is 24.5 Å². The zero-order chi connectivity index (χ0) is 22.9. The van der Waals surface area contributed by atoms with Gasteiger partial charge in [-0.15, -0.1) is 0 Å². The van der Waals surface area contributed by atoms with Gasteiger partial charge in [0.05, 0.1) is 19.4 Å². The van der Waals surface area contributed by atoms with Crippen molar-refractivity contribution in [3.63, 3.8) is 0 Å². The van der Waals surface area contributed by atoms with E-state index in [0.29, 0.717) is 23.4 Å². The molecule has 0 aromatic carbocycles.